The van der Waals surface area contributed by atoms with E-state index in [-0.39, 0.29) is 5.41 Å². The van der Waals surface area contributed by atoms with Gasteiger partial charge in [-0.15, -0.1) is 0 Å². The van der Waals surface area contributed by atoms with Crippen molar-refractivity contribution in [3.63, 3.8) is 0 Å². The highest BCUT2D eigenvalue weighted by Crippen LogP contribution is 2.63. The molecule has 1 saturated carbocycles. The number of hydrogen-bond donors (Lipinski definition) is 1. The summed E-state index contributed by atoms with van der Waals surface area (Å²) in [4.78, 5) is 12.1. The number of hydrogen-bond acceptors (Lipinski definition) is 4. The van der Waals surface area contributed by atoms with Gasteiger partial charge in [-0.2, -0.15) is 0 Å². The van der Waals surface area contributed by atoms with Crippen molar-refractivity contribution in [2.45, 2.75) is 50.9 Å². The Morgan fingerprint density at radius 3 is 2.83 bits per heavy atom. The summed E-state index contributed by atoms with van der Waals surface area (Å²) in [6.07, 6.45) is 3.23. The van der Waals surface area contributed by atoms with Crippen LogP contribution in [0.25, 0.3) is 10.8 Å². The normalized spacial score (nSPS) is 24.2. The van der Waals surface area contributed by atoms with Gasteiger partial charge in [0.1, 0.15) is 11.5 Å². The largest absolute Gasteiger partial charge is 0.513 e. The summed E-state index contributed by atoms with van der Waals surface area (Å²) in [6.45, 7) is 4.49. The Hall–Kier alpha value is -2.23. The molecule has 1 fully saturated rings. The lowest BCUT2D eigenvalue weighted by atomic mass is 9.79. The van der Waals surface area contributed by atoms with E-state index < -0.39 is 6.16 Å². The monoisotopic (exact) mass is 326 g/mol. The number of fused-ring (bicyclic) bond motifs is 6. The van der Waals surface area contributed by atoms with E-state index >= 15 is 0 Å². The van der Waals surface area contributed by atoms with E-state index in [9.17, 15) is 9.90 Å². The highest BCUT2D eigenvalue weighted by molar-refractivity contribution is 5.98. The summed E-state index contributed by atoms with van der Waals surface area (Å²) in [7, 11) is 0. The summed E-state index contributed by atoms with van der Waals surface area (Å²) in [5.74, 6) is 1.27. The first-order chi connectivity index (χ1) is 11.5. The molecule has 0 saturated heterocycles. The average molecular weight is 326 g/mol. The number of carbonyl (C=O) groups excluding carboxylic acids is 1. The van der Waals surface area contributed by atoms with Gasteiger partial charge in [0, 0.05) is 21.9 Å². The van der Waals surface area contributed by atoms with Crippen LogP contribution in [0.3, 0.4) is 0 Å². The van der Waals surface area contributed by atoms with Gasteiger partial charge in [0.25, 0.3) is 0 Å². The van der Waals surface area contributed by atoms with Crippen LogP contribution in [0.5, 0.6) is 11.5 Å². The van der Waals surface area contributed by atoms with Crippen LogP contribution >= 0.6 is 0 Å². The summed E-state index contributed by atoms with van der Waals surface area (Å²) in [6, 6.07) is 7.56. The van der Waals surface area contributed by atoms with E-state index in [0.717, 1.165) is 47.6 Å². The van der Waals surface area contributed by atoms with E-state index in [0.29, 0.717) is 24.0 Å². The number of aromatic hydroxyl groups is 1. The molecule has 0 spiro atoms. The first-order valence-corrected chi connectivity index (χ1v) is 8.68. The van der Waals surface area contributed by atoms with E-state index in [4.69, 9.17) is 9.47 Å². The van der Waals surface area contributed by atoms with Gasteiger partial charge in [-0.25, -0.2) is 4.79 Å². The third kappa shape index (κ3) is 2.09. The molecule has 24 heavy (non-hydrogen) atoms. The molecule has 126 valence electrons. The van der Waals surface area contributed by atoms with E-state index in [2.05, 4.69) is 6.92 Å². The zero-order valence-electron chi connectivity index (χ0n) is 14.1. The number of benzene rings is 2. The molecule has 0 amide bonds. The van der Waals surface area contributed by atoms with Gasteiger partial charge in [0.05, 0.1) is 6.61 Å². The van der Waals surface area contributed by atoms with Crippen molar-refractivity contribution in [1.29, 1.82) is 0 Å². The van der Waals surface area contributed by atoms with E-state index in [1.165, 1.54) is 0 Å². The number of phenolic OH excluding ortho intramolecular Hbond substituents is 1. The predicted molar refractivity (Wildman–Crippen MR) is 91.8 cm³/mol. The first-order valence-electron chi connectivity index (χ1n) is 8.68. The predicted octanol–water partition coefficient (Wildman–Crippen LogP) is 5.01. The molecule has 2 aliphatic rings. The Morgan fingerprint density at radius 2 is 2.08 bits per heavy atom. The van der Waals surface area contributed by atoms with Crippen molar-refractivity contribution in [1.82, 2.24) is 0 Å². The Balaban J connectivity index is 1.91. The number of rotatable bonds is 3. The molecule has 2 atom stereocenters. The van der Waals surface area contributed by atoms with Crippen molar-refractivity contribution in [2.75, 3.05) is 6.61 Å². The van der Waals surface area contributed by atoms with Crippen LogP contribution in [0.2, 0.25) is 0 Å². The second-order valence-electron chi connectivity index (χ2n) is 7.21. The molecule has 2 aliphatic carbocycles. The molecule has 4 nitrogen and oxygen atoms in total. The summed E-state index contributed by atoms with van der Waals surface area (Å²) in [5, 5.41) is 12.4. The fourth-order valence-electron chi connectivity index (χ4n) is 4.53. The maximum absolute atomic E-state index is 12.1. The van der Waals surface area contributed by atoms with Crippen LogP contribution < -0.4 is 4.74 Å². The maximum atomic E-state index is 12.1. The number of carbonyl (C=O) groups is 1. The van der Waals surface area contributed by atoms with Gasteiger partial charge in [-0.3, -0.25) is 0 Å². The minimum Gasteiger partial charge on any atom is -0.507 e. The number of ether oxygens (including phenoxy) is 2. The summed E-state index contributed by atoms with van der Waals surface area (Å²) in [5.41, 5.74) is 1.95. The molecular weight excluding hydrogens is 304 g/mol. The Labute approximate surface area is 141 Å². The molecule has 4 rings (SSSR count). The second-order valence-corrected chi connectivity index (χ2v) is 7.21. The smallest absolute Gasteiger partial charge is 0.507 e. The molecule has 1 N–H and O–H groups in total. The lowest BCUT2D eigenvalue weighted by Gasteiger charge is -2.27. The van der Waals surface area contributed by atoms with Crippen LogP contribution in [0.15, 0.2) is 24.3 Å². The molecule has 0 radical (unpaired) electrons. The Bertz CT molecular complexity index is 826. The van der Waals surface area contributed by atoms with Crippen LogP contribution in [-0.4, -0.2) is 17.9 Å². The molecule has 2 aromatic rings. The quantitative estimate of drug-likeness (QED) is 0.636. The summed E-state index contributed by atoms with van der Waals surface area (Å²) < 4.78 is 10.8. The van der Waals surface area contributed by atoms with Gasteiger partial charge in [0.15, 0.2) is 0 Å². The van der Waals surface area contributed by atoms with Crippen molar-refractivity contribution >= 4 is 16.9 Å². The third-order valence-electron chi connectivity index (χ3n) is 5.54. The maximum Gasteiger partial charge on any atom is 0.513 e. The third-order valence-corrected chi connectivity index (χ3v) is 5.54. The zero-order chi connectivity index (χ0) is 16.9. The Morgan fingerprint density at radius 1 is 1.33 bits per heavy atom. The first kappa shape index (κ1) is 15.3. The highest BCUT2D eigenvalue weighted by atomic mass is 16.7. The lowest BCUT2D eigenvalue weighted by molar-refractivity contribution is 0.0992. The fourth-order valence-corrected chi connectivity index (χ4v) is 4.53. The van der Waals surface area contributed by atoms with E-state index in [1.807, 2.05) is 31.2 Å². The molecule has 2 aromatic carbocycles. The molecule has 4 heteroatoms. The van der Waals surface area contributed by atoms with Crippen molar-refractivity contribution in [2.24, 2.45) is 0 Å². The summed E-state index contributed by atoms with van der Waals surface area (Å²) >= 11 is 0. The van der Waals surface area contributed by atoms with Gasteiger partial charge in [-0.1, -0.05) is 38.1 Å². The molecule has 0 aliphatic heterocycles. The van der Waals surface area contributed by atoms with Gasteiger partial charge in [-0.05, 0) is 37.0 Å². The van der Waals surface area contributed by atoms with Crippen LogP contribution in [-0.2, 0) is 10.2 Å². The van der Waals surface area contributed by atoms with Crippen molar-refractivity contribution < 1.29 is 19.4 Å². The minimum absolute atomic E-state index is 0.0282. The second kappa shape index (κ2) is 5.40. The van der Waals surface area contributed by atoms with Crippen LogP contribution in [0.1, 0.15) is 56.6 Å². The highest BCUT2D eigenvalue weighted by Gasteiger charge is 2.50. The molecule has 0 aromatic heterocycles. The van der Waals surface area contributed by atoms with Gasteiger partial charge >= 0.3 is 6.16 Å². The standard InChI is InChI=1S/C20H22O4/c1-3-10-23-19(22)24-18-14-7-5-4-6-13(14)17(21)16-15(18)12-8-9-20(16,2)11-12/h4-7,12,21H,3,8-11H2,1-2H3. The minimum atomic E-state index is -0.664. The SMILES string of the molecule is CCCOC(=O)Oc1c2c(c(O)c3ccccc13)C1(C)CCC2C1. The van der Waals surface area contributed by atoms with Gasteiger partial charge < -0.3 is 14.6 Å². The van der Waals surface area contributed by atoms with Crippen LogP contribution in [0.4, 0.5) is 4.79 Å². The Kier molecular flexibility index (Phi) is 3.44. The zero-order valence-corrected chi connectivity index (χ0v) is 14.1. The molecule has 2 bridgehead atoms. The van der Waals surface area contributed by atoms with E-state index in [1.54, 1.807) is 0 Å². The van der Waals surface area contributed by atoms with Crippen molar-refractivity contribution in [3.05, 3.63) is 35.4 Å². The molecule has 0 heterocycles. The molecule has 2 unspecified atom stereocenters. The van der Waals surface area contributed by atoms with Crippen LogP contribution in [0, 0.1) is 0 Å². The van der Waals surface area contributed by atoms with Gasteiger partial charge in [0.2, 0.25) is 0 Å². The average Bonchev–Trinajstić information content (AvgIpc) is 3.10. The fraction of sp³-hybridized carbons (Fsp3) is 0.450. The van der Waals surface area contributed by atoms with Crippen molar-refractivity contribution in [3.8, 4) is 11.5 Å². The molecular formula is C20H22O4. The number of phenols is 1. The lowest BCUT2D eigenvalue weighted by Crippen LogP contribution is -2.18. The topological polar surface area (TPSA) is 55.8 Å².